The first-order valence-corrected chi connectivity index (χ1v) is 3.05. The third kappa shape index (κ3) is 3.52. The molecule has 0 fully saturated rings. The average molecular weight is 157 g/mol. The Labute approximate surface area is 65.0 Å². The lowest BCUT2D eigenvalue weighted by molar-refractivity contribution is -0.159. The zero-order valence-electron chi connectivity index (χ0n) is 6.59. The van der Waals surface area contributed by atoms with Crippen LogP contribution in [0.25, 0.3) is 0 Å². The minimum absolute atomic E-state index is 0.762. The highest BCUT2D eigenvalue weighted by atomic mass is 16.6. The molecule has 0 aliphatic carbocycles. The first-order chi connectivity index (χ1) is 4.88. The van der Waals surface area contributed by atoms with E-state index in [1.54, 1.807) is 0 Å². The summed E-state index contributed by atoms with van der Waals surface area (Å²) in [6, 6.07) is 0. The summed E-state index contributed by atoms with van der Waals surface area (Å²) in [5.74, 6) is -1.55. The van der Waals surface area contributed by atoms with E-state index >= 15 is 0 Å². The van der Waals surface area contributed by atoms with Crippen molar-refractivity contribution in [3.8, 4) is 0 Å². The van der Waals surface area contributed by atoms with Gasteiger partial charge in [0.15, 0.2) is 0 Å². The Morgan fingerprint density at radius 3 is 2.27 bits per heavy atom. The molecule has 11 heavy (non-hydrogen) atoms. The molecule has 0 aromatic heterocycles. The number of ether oxygens (including phenoxy) is 1. The Bertz CT molecular complexity index is 190. The molecule has 0 amide bonds. The van der Waals surface area contributed by atoms with Crippen molar-refractivity contribution >= 4 is 11.9 Å². The highest BCUT2D eigenvalue weighted by molar-refractivity contribution is 5.94. The lowest BCUT2D eigenvalue weighted by Crippen LogP contribution is -2.43. The quantitative estimate of drug-likeness (QED) is 0.347. The number of carbonyl (C=O) groups is 2. The minimum Gasteiger partial charge on any atom is -0.389 e. The molecule has 0 unspecified atom stereocenters. The molecule has 2 N–H and O–H groups in total. The van der Waals surface area contributed by atoms with E-state index in [0.29, 0.717) is 0 Å². The average Bonchev–Trinajstić information content (AvgIpc) is 1.85. The molecule has 0 saturated heterocycles. The van der Waals surface area contributed by atoms with Crippen LogP contribution in [0.4, 0.5) is 0 Å². The summed E-state index contributed by atoms with van der Waals surface area (Å²) in [6.07, 6.45) is 0.906. The van der Waals surface area contributed by atoms with Crippen LogP contribution >= 0.6 is 0 Å². The van der Waals surface area contributed by atoms with Crippen molar-refractivity contribution < 1.29 is 14.3 Å². The fraction of sp³-hybridized carbons (Fsp3) is 0.429. The predicted molar refractivity (Wildman–Crippen MR) is 39.6 cm³/mol. The monoisotopic (exact) mass is 157 g/mol. The summed E-state index contributed by atoms with van der Waals surface area (Å²) < 4.78 is 4.24. The molecule has 0 aromatic carbocycles. The van der Waals surface area contributed by atoms with Crippen molar-refractivity contribution in [1.29, 1.82) is 0 Å². The Balaban J connectivity index is 4.09. The van der Waals surface area contributed by atoms with E-state index < -0.39 is 17.5 Å². The van der Waals surface area contributed by atoms with Crippen molar-refractivity contribution in [3.63, 3.8) is 0 Å². The lowest BCUT2D eigenvalue weighted by Gasteiger charge is -2.14. The van der Waals surface area contributed by atoms with Gasteiger partial charge in [0, 0.05) is 6.08 Å². The Morgan fingerprint density at radius 2 is 2.00 bits per heavy atom. The van der Waals surface area contributed by atoms with Gasteiger partial charge in [0.1, 0.15) is 5.54 Å². The molecular weight excluding hydrogens is 146 g/mol. The van der Waals surface area contributed by atoms with Crippen molar-refractivity contribution in [1.82, 2.24) is 0 Å². The molecule has 4 nitrogen and oxygen atoms in total. The van der Waals surface area contributed by atoms with E-state index in [4.69, 9.17) is 5.73 Å². The number of esters is 2. The summed E-state index contributed by atoms with van der Waals surface area (Å²) in [5, 5.41) is 0. The fourth-order valence-corrected chi connectivity index (χ4v) is 0.265. The Morgan fingerprint density at radius 1 is 1.55 bits per heavy atom. The summed E-state index contributed by atoms with van der Waals surface area (Å²) in [7, 11) is 0. The van der Waals surface area contributed by atoms with Crippen LogP contribution in [0.1, 0.15) is 13.8 Å². The highest BCUT2D eigenvalue weighted by Gasteiger charge is 2.25. The number of rotatable bonds is 2. The van der Waals surface area contributed by atoms with E-state index in [2.05, 4.69) is 11.3 Å². The van der Waals surface area contributed by atoms with Crippen molar-refractivity contribution in [2.24, 2.45) is 5.73 Å². The van der Waals surface area contributed by atoms with Gasteiger partial charge in [0.25, 0.3) is 0 Å². The van der Waals surface area contributed by atoms with Gasteiger partial charge in [-0.25, -0.2) is 9.59 Å². The van der Waals surface area contributed by atoms with Crippen molar-refractivity contribution in [2.45, 2.75) is 19.4 Å². The maximum Gasteiger partial charge on any atom is 0.337 e. The molecule has 0 aromatic rings. The first-order valence-electron chi connectivity index (χ1n) is 3.05. The molecule has 0 radical (unpaired) electrons. The molecule has 0 rings (SSSR count). The van der Waals surface area contributed by atoms with Crippen LogP contribution in [0.3, 0.4) is 0 Å². The van der Waals surface area contributed by atoms with Gasteiger partial charge in [-0.15, -0.1) is 0 Å². The van der Waals surface area contributed by atoms with Gasteiger partial charge in [0.2, 0.25) is 0 Å². The minimum atomic E-state index is -1.14. The molecule has 0 atom stereocenters. The normalized spacial score (nSPS) is 10.5. The van der Waals surface area contributed by atoms with Gasteiger partial charge in [-0.3, -0.25) is 0 Å². The smallest absolute Gasteiger partial charge is 0.337 e. The van der Waals surface area contributed by atoms with Crippen LogP contribution in [0.2, 0.25) is 0 Å². The molecule has 0 aliphatic rings. The van der Waals surface area contributed by atoms with Gasteiger partial charge >= 0.3 is 11.9 Å². The van der Waals surface area contributed by atoms with Crippen molar-refractivity contribution in [2.75, 3.05) is 0 Å². The molecule has 62 valence electrons. The number of carbonyl (C=O) groups excluding carboxylic acids is 2. The van der Waals surface area contributed by atoms with Crippen LogP contribution < -0.4 is 5.73 Å². The Hall–Kier alpha value is -1.16. The van der Waals surface area contributed by atoms with E-state index in [1.165, 1.54) is 13.8 Å². The van der Waals surface area contributed by atoms with E-state index in [-0.39, 0.29) is 0 Å². The SMILES string of the molecule is C=CC(=O)OC(=O)C(C)(C)N. The lowest BCUT2D eigenvalue weighted by atomic mass is 10.1. The summed E-state index contributed by atoms with van der Waals surface area (Å²) in [5.41, 5.74) is 4.18. The van der Waals surface area contributed by atoms with Crippen molar-refractivity contribution in [3.05, 3.63) is 12.7 Å². The van der Waals surface area contributed by atoms with Gasteiger partial charge in [-0.1, -0.05) is 6.58 Å². The van der Waals surface area contributed by atoms with E-state index in [1.807, 2.05) is 0 Å². The van der Waals surface area contributed by atoms with Gasteiger partial charge in [0.05, 0.1) is 0 Å². The van der Waals surface area contributed by atoms with Gasteiger partial charge in [-0.05, 0) is 13.8 Å². The van der Waals surface area contributed by atoms with Crippen LogP contribution in [0, 0.1) is 0 Å². The van der Waals surface area contributed by atoms with Crippen LogP contribution in [-0.4, -0.2) is 17.5 Å². The summed E-state index contributed by atoms with van der Waals surface area (Å²) in [6.45, 7) is 6.03. The largest absolute Gasteiger partial charge is 0.389 e. The van der Waals surface area contributed by atoms with E-state index in [0.717, 1.165) is 6.08 Å². The molecule has 0 spiro atoms. The molecule has 0 heterocycles. The second-order valence-electron chi connectivity index (χ2n) is 2.63. The van der Waals surface area contributed by atoms with Gasteiger partial charge in [-0.2, -0.15) is 0 Å². The number of hydrogen-bond acceptors (Lipinski definition) is 4. The zero-order chi connectivity index (χ0) is 9.07. The highest BCUT2D eigenvalue weighted by Crippen LogP contribution is 1.99. The maximum absolute atomic E-state index is 10.8. The van der Waals surface area contributed by atoms with Crippen LogP contribution in [0.5, 0.6) is 0 Å². The second-order valence-corrected chi connectivity index (χ2v) is 2.63. The third-order valence-electron chi connectivity index (χ3n) is 0.886. The zero-order valence-corrected chi connectivity index (χ0v) is 6.59. The number of nitrogens with two attached hydrogens (primary N) is 1. The molecule has 0 aliphatic heterocycles. The van der Waals surface area contributed by atoms with Gasteiger partial charge < -0.3 is 10.5 Å². The molecule has 0 bridgehead atoms. The fourth-order valence-electron chi connectivity index (χ4n) is 0.265. The predicted octanol–water partition coefficient (Wildman–Crippen LogP) is -0.0205. The number of hydrogen-bond donors (Lipinski definition) is 1. The second kappa shape index (κ2) is 3.30. The summed E-state index contributed by atoms with van der Waals surface area (Å²) >= 11 is 0. The van der Waals surface area contributed by atoms with E-state index in [9.17, 15) is 9.59 Å². The molecule has 4 heteroatoms. The Kier molecular flexibility index (Phi) is 2.95. The standard InChI is InChI=1S/C7H11NO3/c1-4-5(9)11-6(10)7(2,3)8/h4H,1,8H2,2-3H3. The summed E-state index contributed by atoms with van der Waals surface area (Å²) in [4.78, 5) is 21.3. The van der Waals surface area contributed by atoms with Crippen LogP contribution in [-0.2, 0) is 14.3 Å². The molecule has 0 saturated carbocycles. The molecular formula is C7H11NO3. The van der Waals surface area contributed by atoms with Crippen LogP contribution in [0.15, 0.2) is 12.7 Å². The maximum atomic E-state index is 10.8. The first kappa shape index (κ1) is 9.84. The topological polar surface area (TPSA) is 69.4 Å². The third-order valence-corrected chi connectivity index (χ3v) is 0.886.